The van der Waals surface area contributed by atoms with Gasteiger partial charge in [-0.3, -0.25) is 9.78 Å². The van der Waals surface area contributed by atoms with Crippen LogP contribution in [0.2, 0.25) is 0 Å². The Kier molecular flexibility index (Phi) is 5.30. The first-order chi connectivity index (χ1) is 9.79. The molecule has 2 N–H and O–H groups in total. The summed E-state index contributed by atoms with van der Waals surface area (Å²) in [6.45, 7) is 0.505. The molecule has 0 radical (unpaired) electrons. The van der Waals surface area contributed by atoms with Crippen LogP contribution in [-0.4, -0.2) is 22.6 Å². The molecule has 0 aliphatic heterocycles. The largest absolute Gasteiger partial charge is 0.395 e. The molecule has 0 spiro atoms. The number of aromatic nitrogens is 1. The van der Waals surface area contributed by atoms with Crippen molar-refractivity contribution in [2.45, 2.75) is 13.0 Å². The summed E-state index contributed by atoms with van der Waals surface area (Å²) in [4.78, 5) is 16.8. The van der Waals surface area contributed by atoms with E-state index in [1.54, 1.807) is 23.8 Å². The molecule has 2 aromatic heterocycles. The van der Waals surface area contributed by atoms with E-state index in [1.165, 1.54) is 11.3 Å². The lowest BCUT2D eigenvalue weighted by Gasteiger charge is -2.02. The minimum absolute atomic E-state index is 0.0524. The summed E-state index contributed by atoms with van der Waals surface area (Å²) >= 11 is 1.42. The van der Waals surface area contributed by atoms with Crippen molar-refractivity contribution in [1.82, 2.24) is 10.3 Å². The Morgan fingerprint density at radius 2 is 2.40 bits per heavy atom. The van der Waals surface area contributed by atoms with Crippen molar-refractivity contribution in [3.8, 4) is 11.8 Å². The number of aliphatic hydroxyl groups is 1. The van der Waals surface area contributed by atoms with E-state index in [4.69, 9.17) is 5.11 Å². The molecule has 0 aromatic carbocycles. The highest BCUT2D eigenvalue weighted by molar-refractivity contribution is 7.10. The fraction of sp³-hybridized carbons (Fsp3) is 0.200. The third-order valence-corrected chi connectivity index (χ3v) is 3.33. The number of nitrogens with zero attached hydrogens (tertiary/aromatic N) is 1. The van der Waals surface area contributed by atoms with Crippen LogP contribution >= 0.6 is 11.3 Å². The highest BCUT2D eigenvalue weighted by Crippen LogP contribution is 2.13. The van der Waals surface area contributed by atoms with Crippen LogP contribution in [0, 0.1) is 11.8 Å². The number of amides is 1. The third kappa shape index (κ3) is 4.19. The molecule has 0 fully saturated rings. The highest BCUT2D eigenvalue weighted by atomic mass is 32.1. The first kappa shape index (κ1) is 14.3. The minimum atomic E-state index is -0.125. The zero-order valence-corrected chi connectivity index (χ0v) is 11.6. The molecule has 0 aliphatic rings. The fourth-order valence-corrected chi connectivity index (χ4v) is 2.27. The van der Waals surface area contributed by atoms with Crippen molar-refractivity contribution >= 4 is 17.2 Å². The van der Waals surface area contributed by atoms with Crippen molar-refractivity contribution in [2.24, 2.45) is 0 Å². The lowest BCUT2D eigenvalue weighted by atomic mass is 10.2. The molecule has 102 valence electrons. The molecule has 0 bridgehead atoms. The molecule has 2 heterocycles. The van der Waals surface area contributed by atoms with Gasteiger partial charge in [-0.2, -0.15) is 0 Å². The molecule has 5 heteroatoms. The fourth-order valence-electron chi connectivity index (χ4n) is 1.51. The molecule has 2 rings (SSSR count). The summed E-state index contributed by atoms with van der Waals surface area (Å²) in [7, 11) is 0. The lowest BCUT2D eigenvalue weighted by molar-refractivity contribution is 0.0951. The van der Waals surface area contributed by atoms with Gasteiger partial charge in [0, 0.05) is 30.7 Å². The molecule has 0 aliphatic carbocycles. The van der Waals surface area contributed by atoms with E-state index in [0.29, 0.717) is 18.5 Å². The van der Waals surface area contributed by atoms with Crippen molar-refractivity contribution in [1.29, 1.82) is 0 Å². The van der Waals surface area contributed by atoms with Gasteiger partial charge in [0.05, 0.1) is 17.0 Å². The van der Waals surface area contributed by atoms with Crippen LogP contribution in [0.15, 0.2) is 36.0 Å². The van der Waals surface area contributed by atoms with Crippen molar-refractivity contribution < 1.29 is 9.90 Å². The van der Waals surface area contributed by atoms with Crippen LogP contribution in [0.5, 0.6) is 0 Å². The highest BCUT2D eigenvalue weighted by Gasteiger charge is 2.07. The predicted octanol–water partition coefficient (Wildman–Crippen LogP) is 1.81. The summed E-state index contributed by atoms with van der Waals surface area (Å²) in [6.07, 6.45) is 3.86. The van der Waals surface area contributed by atoms with Gasteiger partial charge in [-0.15, -0.1) is 11.3 Å². The number of rotatable bonds is 4. The molecule has 0 unspecified atom stereocenters. The maximum atomic E-state index is 11.9. The molecule has 0 atom stereocenters. The normalized spacial score (nSPS) is 9.65. The second-order valence-electron chi connectivity index (χ2n) is 4.02. The van der Waals surface area contributed by atoms with Crippen LogP contribution in [0.4, 0.5) is 0 Å². The van der Waals surface area contributed by atoms with Gasteiger partial charge in [-0.1, -0.05) is 17.9 Å². The third-order valence-electron chi connectivity index (χ3n) is 2.49. The molecule has 4 nitrogen and oxygen atoms in total. The van der Waals surface area contributed by atoms with E-state index in [1.807, 2.05) is 12.1 Å². The van der Waals surface area contributed by atoms with E-state index in [2.05, 4.69) is 22.1 Å². The quantitative estimate of drug-likeness (QED) is 0.843. The van der Waals surface area contributed by atoms with Gasteiger partial charge >= 0.3 is 0 Å². The van der Waals surface area contributed by atoms with Crippen LogP contribution in [0.25, 0.3) is 0 Å². The van der Waals surface area contributed by atoms with Crippen molar-refractivity contribution in [3.05, 3.63) is 52.0 Å². The number of hydrogen-bond acceptors (Lipinski definition) is 4. The van der Waals surface area contributed by atoms with Gasteiger partial charge in [-0.05, 0) is 17.7 Å². The number of carbonyl (C=O) groups excluding carboxylic acids is 1. The monoisotopic (exact) mass is 286 g/mol. The molecule has 20 heavy (non-hydrogen) atoms. The molecular weight excluding hydrogens is 272 g/mol. The first-order valence-corrected chi connectivity index (χ1v) is 7.03. The molecule has 1 amide bonds. The van der Waals surface area contributed by atoms with Crippen LogP contribution < -0.4 is 5.32 Å². The molecule has 0 saturated carbocycles. The van der Waals surface area contributed by atoms with Crippen molar-refractivity contribution in [2.75, 3.05) is 6.61 Å². The number of pyridine rings is 1. The Morgan fingerprint density at radius 3 is 3.15 bits per heavy atom. The molecule has 2 aromatic rings. The van der Waals surface area contributed by atoms with Gasteiger partial charge in [0.25, 0.3) is 5.91 Å². The zero-order valence-electron chi connectivity index (χ0n) is 10.8. The Morgan fingerprint density at radius 1 is 1.50 bits per heavy atom. The summed E-state index contributed by atoms with van der Waals surface area (Å²) in [5, 5.41) is 13.3. The standard InChI is InChI=1S/C15H14N2O2S/c18-7-2-1-5-14-8-13(11-20-14)15(19)17-10-12-4-3-6-16-9-12/h3-4,6,8-9,11,18H,2,7,10H2,(H,17,19). The number of hydrogen-bond donors (Lipinski definition) is 2. The van der Waals surface area contributed by atoms with Gasteiger partial charge in [0.1, 0.15) is 0 Å². The maximum Gasteiger partial charge on any atom is 0.252 e. The SMILES string of the molecule is O=C(NCc1cccnc1)c1csc(C#CCCO)c1. The van der Waals surface area contributed by atoms with Gasteiger partial charge in [0.15, 0.2) is 0 Å². The summed E-state index contributed by atoms with van der Waals surface area (Å²) in [5.41, 5.74) is 1.56. The average molecular weight is 286 g/mol. The summed E-state index contributed by atoms with van der Waals surface area (Å²) in [5.74, 6) is 5.62. The Bertz CT molecular complexity index is 626. The van der Waals surface area contributed by atoms with Gasteiger partial charge in [0.2, 0.25) is 0 Å². The zero-order chi connectivity index (χ0) is 14.2. The number of thiophene rings is 1. The van der Waals surface area contributed by atoms with E-state index >= 15 is 0 Å². The van der Waals surface area contributed by atoms with E-state index < -0.39 is 0 Å². The molecular formula is C15H14N2O2S. The molecule has 0 saturated heterocycles. The van der Waals surface area contributed by atoms with Crippen LogP contribution in [-0.2, 0) is 6.54 Å². The van der Waals surface area contributed by atoms with Crippen LogP contribution in [0.3, 0.4) is 0 Å². The second kappa shape index (κ2) is 7.43. The van der Waals surface area contributed by atoms with E-state index in [-0.39, 0.29) is 12.5 Å². The summed E-state index contributed by atoms with van der Waals surface area (Å²) < 4.78 is 0. The maximum absolute atomic E-state index is 11.9. The number of nitrogens with one attached hydrogen (secondary N) is 1. The first-order valence-electron chi connectivity index (χ1n) is 6.15. The minimum Gasteiger partial charge on any atom is -0.395 e. The smallest absolute Gasteiger partial charge is 0.252 e. The topological polar surface area (TPSA) is 62.2 Å². The average Bonchev–Trinajstić information content (AvgIpc) is 2.95. The van der Waals surface area contributed by atoms with Crippen LogP contribution in [0.1, 0.15) is 27.2 Å². The Balaban J connectivity index is 1.92. The Labute approximate surface area is 121 Å². The van der Waals surface area contributed by atoms with Gasteiger partial charge in [-0.25, -0.2) is 0 Å². The lowest BCUT2D eigenvalue weighted by Crippen LogP contribution is -2.22. The number of aliphatic hydroxyl groups excluding tert-OH is 1. The number of carbonyl (C=O) groups is 1. The second-order valence-corrected chi connectivity index (χ2v) is 4.93. The van der Waals surface area contributed by atoms with E-state index in [9.17, 15) is 4.79 Å². The van der Waals surface area contributed by atoms with Gasteiger partial charge < -0.3 is 10.4 Å². The van der Waals surface area contributed by atoms with Crippen molar-refractivity contribution in [3.63, 3.8) is 0 Å². The Hall–Kier alpha value is -2.16. The summed E-state index contributed by atoms with van der Waals surface area (Å²) in [6, 6.07) is 5.50. The predicted molar refractivity (Wildman–Crippen MR) is 78.3 cm³/mol. The van der Waals surface area contributed by atoms with E-state index in [0.717, 1.165) is 10.4 Å².